The first-order valence-electron chi connectivity index (χ1n) is 19.2. The van der Waals surface area contributed by atoms with Crippen molar-refractivity contribution in [3.8, 4) is 33.3 Å². The van der Waals surface area contributed by atoms with E-state index >= 15 is 0 Å². The molecule has 4 aromatic heterocycles. The van der Waals surface area contributed by atoms with E-state index < -0.39 is 18.1 Å². The number of nitrogens with zero attached hydrogens (tertiary/aromatic N) is 6. The number of carbonyl (C=O) groups excluding carboxylic acids is 2. The number of aromatic hydroxyl groups is 1. The number of ether oxygens (including phenoxy) is 1. The summed E-state index contributed by atoms with van der Waals surface area (Å²) in [5.41, 5.74) is 6.97. The van der Waals surface area contributed by atoms with Crippen LogP contribution in [0.1, 0.15) is 67.0 Å². The van der Waals surface area contributed by atoms with Gasteiger partial charge in [0.15, 0.2) is 5.76 Å². The highest BCUT2D eigenvalue weighted by Crippen LogP contribution is 2.38. The maximum absolute atomic E-state index is 14.1. The fraction of sp³-hybridized carbons (Fsp3) is 0.381. The van der Waals surface area contributed by atoms with Gasteiger partial charge in [-0.25, -0.2) is 4.98 Å². The summed E-state index contributed by atoms with van der Waals surface area (Å²) in [6.45, 7) is 10.7. The maximum atomic E-state index is 14.1. The van der Waals surface area contributed by atoms with Crippen LogP contribution in [0.25, 0.3) is 31.9 Å². The number of likely N-dealkylation sites (tertiary alicyclic amines) is 2. The van der Waals surface area contributed by atoms with Crippen molar-refractivity contribution in [2.75, 3.05) is 32.8 Å². The molecule has 4 atom stereocenters. The predicted octanol–water partition coefficient (Wildman–Crippen LogP) is 6.54. The number of phenolic OH excluding ortho intramolecular Hbond substituents is 1. The molecular weight excluding hydrogens is 763 g/mol. The van der Waals surface area contributed by atoms with Crippen LogP contribution in [0.4, 0.5) is 0 Å². The van der Waals surface area contributed by atoms with Crippen LogP contribution in [-0.2, 0) is 9.59 Å². The monoisotopic (exact) mass is 807 g/mol. The Kier molecular flexibility index (Phi) is 11.1. The van der Waals surface area contributed by atoms with Gasteiger partial charge in [0.1, 0.15) is 29.8 Å². The van der Waals surface area contributed by atoms with Crippen LogP contribution in [0.15, 0.2) is 76.8 Å². The van der Waals surface area contributed by atoms with Gasteiger partial charge in [-0.2, -0.15) is 0 Å². The highest BCUT2D eigenvalue weighted by molar-refractivity contribution is 7.19. The van der Waals surface area contributed by atoms with Gasteiger partial charge in [-0.3, -0.25) is 14.5 Å². The number of hydrogen-bond donors (Lipinski definition) is 3. The molecule has 2 amide bonds. The number of β-amino-alcohol motifs (C(OH)–C–C–N with tert-alkyl or cyclic N) is 1. The highest BCUT2D eigenvalue weighted by atomic mass is 32.1. The zero-order valence-corrected chi connectivity index (χ0v) is 33.8. The molecule has 8 rings (SSSR count). The van der Waals surface area contributed by atoms with Crippen molar-refractivity contribution in [2.24, 2.45) is 5.92 Å². The second-order valence-electron chi connectivity index (χ2n) is 15.3. The molecule has 0 spiro atoms. The van der Waals surface area contributed by atoms with Crippen molar-refractivity contribution in [2.45, 2.75) is 64.1 Å². The van der Waals surface area contributed by atoms with Crippen molar-refractivity contribution < 1.29 is 29.1 Å². The molecule has 6 aromatic rings. The van der Waals surface area contributed by atoms with E-state index in [0.29, 0.717) is 42.0 Å². The first-order chi connectivity index (χ1) is 27.5. The third kappa shape index (κ3) is 8.15. The first-order valence-corrected chi connectivity index (χ1v) is 20.9. The average molecular weight is 808 g/mol. The lowest BCUT2D eigenvalue weighted by Crippen LogP contribution is -2.48. The minimum Gasteiger partial charge on any atom is -0.507 e. The topological polar surface area (TPSA) is 167 Å². The fourth-order valence-electron chi connectivity index (χ4n) is 7.69. The lowest BCUT2D eigenvalue weighted by atomic mass is 9.91. The van der Waals surface area contributed by atoms with Crippen molar-refractivity contribution in [3.63, 3.8) is 0 Å². The number of hydrogen-bond acceptors (Lipinski definition) is 13. The van der Waals surface area contributed by atoms with Gasteiger partial charge in [0.05, 0.1) is 38.6 Å². The maximum Gasteiger partial charge on any atom is 0.254 e. The van der Waals surface area contributed by atoms with E-state index in [1.165, 1.54) is 9.78 Å². The Balaban J connectivity index is 0.838. The van der Waals surface area contributed by atoms with Gasteiger partial charge in [0.25, 0.3) is 5.88 Å². The standard InChI is InChI=1S/C42H45N7O6S2/c1-23(2)39(42(53)49-21-29(50)15-33(49)41(52)44-24(3)26-9-11-27(12-10-26)40-25(4)43-22-56-40)35-18-38(47-55-35)54-14-13-48-19-28(20-48)36-17-32-37(57-36)16-31(45-46-32)30-7-5-6-8-34(30)51/h5-12,16-18,22-24,28-29,33,39,50-51H,13-15,19-21H2,1-4H3,(H,44,52)/t24-,29+,33-,39+/m0/s1. The number of aliphatic hydroxyl groups is 1. The summed E-state index contributed by atoms with van der Waals surface area (Å²) >= 11 is 3.30. The Bertz CT molecular complexity index is 2370. The van der Waals surface area contributed by atoms with Crippen molar-refractivity contribution >= 4 is 44.7 Å². The van der Waals surface area contributed by atoms with E-state index in [0.717, 1.165) is 45.0 Å². The van der Waals surface area contributed by atoms with Gasteiger partial charge < -0.3 is 29.7 Å². The number of aliphatic hydroxyl groups excluding tert-OH is 1. The van der Waals surface area contributed by atoms with Gasteiger partial charge in [0.2, 0.25) is 11.8 Å². The molecule has 13 nitrogen and oxygen atoms in total. The number of rotatable bonds is 13. The number of thiophene rings is 1. The van der Waals surface area contributed by atoms with E-state index in [1.54, 1.807) is 40.9 Å². The molecule has 3 N–H and O–H groups in total. The van der Waals surface area contributed by atoms with Crippen LogP contribution in [-0.4, -0.2) is 97.1 Å². The number of aryl methyl sites for hydroxylation is 1. The largest absolute Gasteiger partial charge is 0.507 e. The number of thiazole rings is 1. The zero-order valence-electron chi connectivity index (χ0n) is 32.2. The molecule has 0 saturated carbocycles. The predicted molar refractivity (Wildman–Crippen MR) is 218 cm³/mol. The van der Waals surface area contributed by atoms with Gasteiger partial charge in [-0.15, -0.1) is 32.9 Å². The van der Waals surface area contributed by atoms with Crippen LogP contribution in [0, 0.1) is 12.8 Å². The zero-order chi connectivity index (χ0) is 39.8. The van der Waals surface area contributed by atoms with Gasteiger partial charge in [-0.1, -0.05) is 50.2 Å². The molecule has 15 heteroatoms. The SMILES string of the molecule is Cc1ncsc1-c1ccc([C@H](C)NC(=O)[C@@H]2C[C@@H](O)CN2C(=O)[C@@H](c2cc(OCCN3CC(c4cc5nnc(-c6ccccc6O)cc5s4)C3)no2)C(C)C)cc1. The third-order valence-electron chi connectivity index (χ3n) is 10.9. The summed E-state index contributed by atoms with van der Waals surface area (Å²) < 4.78 is 12.7. The Morgan fingerprint density at radius 1 is 1.04 bits per heavy atom. The Hall–Kier alpha value is -5.22. The highest BCUT2D eigenvalue weighted by Gasteiger charge is 2.43. The number of benzene rings is 2. The first kappa shape index (κ1) is 38.6. The lowest BCUT2D eigenvalue weighted by molar-refractivity contribution is -0.141. The second kappa shape index (κ2) is 16.3. The molecule has 0 unspecified atom stereocenters. The fourth-order valence-corrected chi connectivity index (χ4v) is 9.62. The van der Waals surface area contributed by atoms with Crippen LogP contribution < -0.4 is 10.1 Å². The smallest absolute Gasteiger partial charge is 0.254 e. The summed E-state index contributed by atoms with van der Waals surface area (Å²) in [5.74, 6) is -0.275. The van der Waals surface area contributed by atoms with Crippen LogP contribution in [0.3, 0.4) is 0 Å². The van der Waals surface area contributed by atoms with Gasteiger partial charge in [0, 0.05) is 55.0 Å². The summed E-state index contributed by atoms with van der Waals surface area (Å²) in [4.78, 5) is 38.2. The van der Waals surface area contributed by atoms with E-state index in [4.69, 9.17) is 9.26 Å². The molecule has 0 radical (unpaired) electrons. The number of nitrogens with one attached hydrogen (secondary N) is 1. The molecule has 296 valence electrons. The number of aromatic nitrogens is 4. The summed E-state index contributed by atoms with van der Waals surface area (Å²) in [7, 11) is 0. The number of amides is 2. The molecule has 0 aliphatic carbocycles. The molecule has 57 heavy (non-hydrogen) atoms. The minimum absolute atomic E-state index is 0.0555. The number of carbonyl (C=O) groups is 2. The molecule has 2 saturated heterocycles. The number of phenols is 1. The quantitative estimate of drug-likeness (QED) is 0.116. The van der Waals surface area contributed by atoms with E-state index in [1.807, 2.05) is 75.7 Å². The normalized spacial score (nSPS) is 18.5. The third-order valence-corrected chi connectivity index (χ3v) is 13.1. The van der Waals surface area contributed by atoms with Crippen LogP contribution in [0.5, 0.6) is 11.6 Å². The molecule has 0 bridgehead atoms. The molecule has 2 aliphatic heterocycles. The molecule has 2 fully saturated rings. The molecule has 6 heterocycles. The summed E-state index contributed by atoms with van der Waals surface area (Å²) in [5, 5.41) is 36.8. The second-order valence-corrected chi connectivity index (χ2v) is 17.2. The number of para-hydroxylation sites is 1. The Morgan fingerprint density at radius 3 is 2.56 bits per heavy atom. The van der Waals surface area contributed by atoms with E-state index in [9.17, 15) is 19.8 Å². The van der Waals surface area contributed by atoms with E-state index in [2.05, 4.69) is 36.6 Å². The van der Waals surface area contributed by atoms with Gasteiger partial charge >= 0.3 is 0 Å². The van der Waals surface area contributed by atoms with Crippen LogP contribution in [0.2, 0.25) is 0 Å². The molecule has 2 aromatic carbocycles. The lowest BCUT2D eigenvalue weighted by Gasteiger charge is -2.38. The minimum atomic E-state index is -0.823. The van der Waals surface area contributed by atoms with Crippen molar-refractivity contribution in [1.29, 1.82) is 0 Å². The van der Waals surface area contributed by atoms with Crippen LogP contribution >= 0.6 is 22.7 Å². The number of fused-ring (bicyclic) bond motifs is 1. The Labute approximate surface area is 338 Å². The van der Waals surface area contributed by atoms with Gasteiger partial charge in [-0.05, 0) is 60.3 Å². The molecule has 2 aliphatic rings. The van der Waals surface area contributed by atoms with E-state index in [-0.39, 0.29) is 42.5 Å². The summed E-state index contributed by atoms with van der Waals surface area (Å²) in [6, 6.07) is 19.8. The van der Waals surface area contributed by atoms with Crippen molar-refractivity contribution in [3.05, 3.63) is 94.1 Å². The average Bonchev–Trinajstić information content (AvgIpc) is 3.99. The van der Waals surface area contributed by atoms with Crippen molar-refractivity contribution in [1.82, 2.24) is 35.5 Å². The summed E-state index contributed by atoms with van der Waals surface area (Å²) in [6.07, 6.45) is -0.668. The molecular formula is C42H45N7O6S2. The Morgan fingerprint density at radius 2 is 1.82 bits per heavy atom.